The third-order valence-corrected chi connectivity index (χ3v) is 5.24. The number of ether oxygens (including phenoxy) is 1. The average molecular weight is 399 g/mol. The van der Waals surface area contributed by atoms with Crippen LogP contribution in [0.1, 0.15) is 34.6 Å². The predicted octanol–water partition coefficient (Wildman–Crippen LogP) is 3.28. The van der Waals surface area contributed by atoms with Crippen LogP contribution in [0.25, 0.3) is 10.2 Å². The molecule has 2 aromatic heterocycles. The Morgan fingerprint density at radius 1 is 1.29 bits per heavy atom. The van der Waals surface area contributed by atoms with Crippen molar-refractivity contribution in [3.63, 3.8) is 0 Å². The Hall–Kier alpha value is -3.00. The van der Waals surface area contributed by atoms with Gasteiger partial charge in [-0.05, 0) is 51.0 Å². The van der Waals surface area contributed by atoms with E-state index in [2.05, 4.69) is 10.3 Å². The SMILES string of the molecule is Cc1cccc(NC(=O)Cn2cnc3sc(C(=O)OC(C)C)c(C)c3c2=O)c1. The van der Waals surface area contributed by atoms with Crippen LogP contribution in [0.15, 0.2) is 35.4 Å². The van der Waals surface area contributed by atoms with E-state index in [9.17, 15) is 14.4 Å². The summed E-state index contributed by atoms with van der Waals surface area (Å²) in [6.45, 7) is 6.98. The first-order valence-electron chi connectivity index (χ1n) is 8.82. The summed E-state index contributed by atoms with van der Waals surface area (Å²) < 4.78 is 6.47. The van der Waals surface area contributed by atoms with E-state index in [1.165, 1.54) is 10.9 Å². The summed E-state index contributed by atoms with van der Waals surface area (Å²) in [5.41, 5.74) is 1.85. The van der Waals surface area contributed by atoms with Crippen LogP contribution >= 0.6 is 11.3 Å². The van der Waals surface area contributed by atoms with Gasteiger partial charge in [0, 0.05) is 5.69 Å². The summed E-state index contributed by atoms with van der Waals surface area (Å²) in [5.74, 6) is -0.806. The maximum absolute atomic E-state index is 12.8. The van der Waals surface area contributed by atoms with E-state index in [4.69, 9.17) is 4.74 Å². The third-order valence-electron chi connectivity index (χ3n) is 4.06. The van der Waals surface area contributed by atoms with E-state index in [0.717, 1.165) is 16.9 Å². The monoisotopic (exact) mass is 399 g/mol. The molecular formula is C20H21N3O4S. The molecular weight excluding hydrogens is 378 g/mol. The minimum absolute atomic E-state index is 0.170. The van der Waals surface area contributed by atoms with Gasteiger partial charge in [0.05, 0.1) is 17.8 Å². The number of benzene rings is 1. The van der Waals surface area contributed by atoms with Crippen LogP contribution in [0.3, 0.4) is 0 Å². The fourth-order valence-electron chi connectivity index (χ4n) is 2.81. The quantitative estimate of drug-likeness (QED) is 0.665. The average Bonchev–Trinajstić information content (AvgIpc) is 2.94. The molecule has 2 heterocycles. The number of carbonyl (C=O) groups is 2. The number of esters is 1. The van der Waals surface area contributed by atoms with Crippen LogP contribution in [0.5, 0.6) is 0 Å². The summed E-state index contributed by atoms with van der Waals surface area (Å²) >= 11 is 1.12. The van der Waals surface area contributed by atoms with Gasteiger partial charge >= 0.3 is 5.97 Å². The second-order valence-corrected chi connectivity index (χ2v) is 7.78. The molecule has 0 fully saturated rings. The van der Waals surface area contributed by atoms with E-state index in [-0.39, 0.29) is 24.1 Å². The summed E-state index contributed by atoms with van der Waals surface area (Å²) in [6, 6.07) is 7.40. The van der Waals surface area contributed by atoms with Crippen LogP contribution in [0.4, 0.5) is 5.69 Å². The minimum Gasteiger partial charge on any atom is -0.459 e. The molecule has 1 N–H and O–H groups in total. The molecule has 3 aromatic rings. The van der Waals surface area contributed by atoms with Gasteiger partial charge in [0.1, 0.15) is 16.3 Å². The number of rotatable bonds is 5. The van der Waals surface area contributed by atoms with Gasteiger partial charge in [-0.3, -0.25) is 14.2 Å². The highest BCUT2D eigenvalue weighted by molar-refractivity contribution is 7.20. The normalized spacial score (nSPS) is 11.0. The molecule has 3 rings (SSSR count). The number of amides is 1. The molecule has 1 aromatic carbocycles. The molecule has 7 nitrogen and oxygen atoms in total. The third kappa shape index (κ3) is 4.12. The number of aromatic nitrogens is 2. The Bertz CT molecular complexity index is 1110. The van der Waals surface area contributed by atoms with Crippen LogP contribution in [-0.4, -0.2) is 27.5 Å². The molecule has 0 radical (unpaired) electrons. The Morgan fingerprint density at radius 3 is 2.71 bits per heavy atom. The number of nitrogens with zero attached hydrogens (tertiary/aromatic N) is 2. The van der Waals surface area contributed by atoms with E-state index in [1.807, 2.05) is 25.1 Å². The van der Waals surface area contributed by atoms with Crippen molar-refractivity contribution < 1.29 is 14.3 Å². The second kappa shape index (κ2) is 7.93. The first-order valence-corrected chi connectivity index (χ1v) is 9.64. The van der Waals surface area contributed by atoms with E-state index in [1.54, 1.807) is 26.8 Å². The predicted molar refractivity (Wildman–Crippen MR) is 109 cm³/mol. The number of carbonyl (C=O) groups excluding carboxylic acids is 2. The Balaban J connectivity index is 1.87. The zero-order valence-electron chi connectivity index (χ0n) is 16.1. The Kier molecular flexibility index (Phi) is 5.60. The highest BCUT2D eigenvalue weighted by Crippen LogP contribution is 2.27. The molecule has 1 amide bonds. The van der Waals surface area contributed by atoms with E-state index >= 15 is 0 Å². The fourth-order valence-corrected chi connectivity index (χ4v) is 3.83. The molecule has 28 heavy (non-hydrogen) atoms. The lowest BCUT2D eigenvalue weighted by atomic mass is 10.2. The molecule has 0 unspecified atom stereocenters. The van der Waals surface area contributed by atoms with Gasteiger partial charge in [-0.1, -0.05) is 12.1 Å². The van der Waals surface area contributed by atoms with Gasteiger partial charge < -0.3 is 10.1 Å². The van der Waals surface area contributed by atoms with E-state index in [0.29, 0.717) is 26.3 Å². The van der Waals surface area contributed by atoms with Crippen LogP contribution < -0.4 is 10.9 Å². The van der Waals surface area contributed by atoms with Gasteiger partial charge in [0.2, 0.25) is 5.91 Å². The number of fused-ring (bicyclic) bond motifs is 1. The van der Waals surface area contributed by atoms with Gasteiger partial charge in [-0.15, -0.1) is 11.3 Å². The Morgan fingerprint density at radius 2 is 2.04 bits per heavy atom. The summed E-state index contributed by atoms with van der Waals surface area (Å²) in [7, 11) is 0. The molecule has 8 heteroatoms. The lowest BCUT2D eigenvalue weighted by Crippen LogP contribution is -2.28. The fraction of sp³-hybridized carbons (Fsp3) is 0.300. The maximum Gasteiger partial charge on any atom is 0.348 e. The van der Waals surface area contributed by atoms with Crippen molar-refractivity contribution in [3.8, 4) is 0 Å². The number of hydrogen-bond donors (Lipinski definition) is 1. The van der Waals surface area contributed by atoms with Gasteiger partial charge in [0.25, 0.3) is 5.56 Å². The standard InChI is InChI=1S/C20H21N3O4S/c1-11(2)27-20(26)17-13(4)16-18(28-17)21-10-23(19(16)25)9-15(24)22-14-7-5-6-12(3)8-14/h5-8,10-11H,9H2,1-4H3,(H,22,24). The highest BCUT2D eigenvalue weighted by atomic mass is 32.1. The van der Waals surface area contributed by atoms with Crippen molar-refractivity contribution in [2.45, 2.75) is 40.3 Å². The van der Waals surface area contributed by atoms with Crippen LogP contribution in [0.2, 0.25) is 0 Å². The molecule has 0 atom stereocenters. The van der Waals surface area contributed by atoms with Gasteiger partial charge in [0.15, 0.2) is 0 Å². The molecule has 0 aliphatic rings. The molecule has 0 aliphatic heterocycles. The molecule has 0 spiro atoms. The lowest BCUT2D eigenvalue weighted by molar-refractivity contribution is -0.116. The Labute approximate surface area is 166 Å². The number of thiophene rings is 1. The van der Waals surface area contributed by atoms with Crippen molar-refractivity contribution in [3.05, 3.63) is 57.0 Å². The highest BCUT2D eigenvalue weighted by Gasteiger charge is 2.21. The topological polar surface area (TPSA) is 90.3 Å². The molecule has 0 saturated heterocycles. The van der Waals surface area contributed by atoms with E-state index < -0.39 is 5.97 Å². The summed E-state index contributed by atoms with van der Waals surface area (Å²) in [6.07, 6.45) is 1.07. The first-order chi connectivity index (χ1) is 13.3. The van der Waals surface area contributed by atoms with Crippen molar-refractivity contribution in [2.24, 2.45) is 0 Å². The van der Waals surface area contributed by atoms with Crippen molar-refractivity contribution in [2.75, 3.05) is 5.32 Å². The molecule has 0 saturated carbocycles. The molecule has 146 valence electrons. The number of nitrogens with one attached hydrogen (secondary N) is 1. The second-order valence-electron chi connectivity index (χ2n) is 6.79. The summed E-state index contributed by atoms with van der Waals surface area (Å²) in [5, 5.41) is 3.11. The number of aryl methyl sites for hydroxylation is 2. The molecule has 0 aliphatic carbocycles. The number of anilines is 1. The summed E-state index contributed by atoms with van der Waals surface area (Å²) in [4.78, 5) is 42.5. The zero-order chi connectivity index (χ0) is 20.4. The lowest BCUT2D eigenvalue weighted by Gasteiger charge is -2.08. The first kappa shape index (κ1) is 19.8. The van der Waals surface area contributed by atoms with Crippen LogP contribution in [-0.2, 0) is 16.1 Å². The minimum atomic E-state index is -0.473. The van der Waals surface area contributed by atoms with Gasteiger partial charge in [-0.25, -0.2) is 9.78 Å². The molecule has 0 bridgehead atoms. The van der Waals surface area contributed by atoms with Gasteiger partial charge in [-0.2, -0.15) is 0 Å². The number of hydrogen-bond acceptors (Lipinski definition) is 6. The maximum atomic E-state index is 12.8. The van der Waals surface area contributed by atoms with Crippen LogP contribution in [0, 0.1) is 13.8 Å². The van der Waals surface area contributed by atoms with Crippen molar-refractivity contribution in [1.82, 2.24) is 9.55 Å². The van der Waals surface area contributed by atoms with Crippen molar-refractivity contribution >= 4 is 39.1 Å². The smallest absolute Gasteiger partial charge is 0.348 e. The largest absolute Gasteiger partial charge is 0.459 e. The van der Waals surface area contributed by atoms with Crippen molar-refractivity contribution in [1.29, 1.82) is 0 Å². The zero-order valence-corrected chi connectivity index (χ0v) is 16.9.